The summed E-state index contributed by atoms with van der Waals surface area (Å²) in [6, 6.07) is 21.9. The van der Waals surface area contributed by atoms with Gasteiger partial charge < -0.3 is 0 Å². The Morgan fingerprint density at radius 3 is 2.24 bits per heavy atom. The molecule has 0 aliphatic rings. The molecule has 0 saturated heterocycles. The van der Waals surface area contributed by atoms with Crippen molar-refractivity contribution < 1.29 is 0 Å². The van der Waals surface area contributed by atoms with Crippen molar-refractivity contribution in [2.24, 2.45) is 0 Å². The van der Waals surface area contributed by atoms with Crippen molar-refractivity contribution in [2.45, 2.75) is 0 Å². The van der Waals surface area contributed by atoms with Gasteiger partial charge in [-0.2, -0.15) is 5.10 Å². The summed E-state index contributed by atoms with van der Waals surface area (Å²) < 4.78 is 0. The predicted molar refractivity (Wildman–Crippen MR) is 85.3 cm³/mol. The third kappa shape index (κ3) is 1.82. The number of nitrogens with one attached hydrogen (secondary N) is 1. The minimum absolute atomic E-state index is 0.158. The SMILES string of the molecule is O=c1[nH]nc(-c2cccc3ccccc23)c2ccccc12. The molecule has 3 nitrogen and oxygen atoms in total. The van der Waals surface area contributed by atoms with Crippen molar-refractivity contribution in [3.63, 3.8) is 0 Å². The minimum atomic E-state index is -0.158. The first-order valence-corrected chi connectivity index (χ1v) is 6.80. The Kier molecular flexibility index (Phi) is 2.57. The first-order chi connectivity index (χ1) is 10.3. The second-order valence-electron chi connectivity index (χ2n) is 4.97. The highest BCUT2D eigenvalue weighted by atomic mass is 16.1. The second-order valence-corrected chi connectivity index (χ2v) is 4.97. The Morgan fingerprint density at radius 2 is 1.38 bits per heavy atom. The van der Waals surface area contributed by atoms with E-state index >= 15 is 0 Å². The number of benzene rings is 3. The molecule has 0 unspecified atom stereocenters. The van der Waals surface area contributed by atoms with Crippen LogP contribution in [0.5, 0.6) is 0 Å². The van der Waals surface area contributed by atoms with Crippen molar-refractivity contribution in [2.75, 3.05) is 0 Å². The lowest BCUT2D eigenvalue weighted by molar-refractivity contribution is 1.02. The second kappa shape index (κ2) is 4.56. The smallest absolute Gasteiger partial charge is 0.267 e. The zero-order valence-corrected chi connectivity index (χ0v) is 11.2. The molecule has 1 N–H and O–H groups in total. The molecule has 0 fully saturated rings. The van der Waals surface area contributed by atoms with Gasteiger partial charge in [-0.15, -0.1) is 0 Å². The quantitative estimate of drug-likeness (QED) is 0.573. The average Bonchev–Trinajstić information content (AvgIpc) is 2.55. The van der Waals surface area contributed by atoms with Crippen LogP contribution in [0, 0.1) is 0 Å². The summed E-state index contributed by atoms with van der Waals surface area (Å²) in [5.41, 5.74) is 1.68. The Bertz CT molecular complexity index is 1010. The Hall–Kier alpha value is -2.94. The average molecular weight is 272 g/mol. The molecule has 0 aliphatic carbocycles. The molecule has 0 saturated carbocycles. The van der Waals surface area contributed by atoms with Crippen LogP contribution in [0.4, 0.5) is 0 Å². The van der Waals surface area contributed by atoms with Crippen molar-refractivity contribution in [1.82, 2.24) is 10.2 Å². The van der Waals surface area contributed by atoms with Gasteiger partial charge in [0.1, 0.15) is 0 Å². The third-order valence-corrected chi connectivity index (χ3v) is 3.74. The van der Waals surface area contributed by atoms with Crippen molar-refractivity contribution in [3.8, 4) is 11.3 Å². The van der Waals surface area contributed by atoms with Gasteiger partial charge in [-0.05, 0) is 16.8 Å². The third-order valence-electron chi connectivity index (χ3n) is 3.74. The van der Waals surface area contributed by atoms with E-state index in [0.717, 1.165) is 27.4 Å². The molecular formula is C18H12N2O. The molecule has 100 valence electrons. The number of hydrogen-bond donors (Lipinski definition) is 1. The predicted octanol–water partition coefficient (Wildman–Crippen LogP) is 3.74. The molecule has 3 aromatic carbocycles. The van der Waals surface area contributed by atoms with E-state index in [4.69, 9.17) is 0 Å². The van der Waals surface area contributed by atoms with E-state index in [0.29, 0.717) is 5.39 Å². The largest absolute Gasteiger partial charge is 0.272 e. The van der Waals surface area contributed by atoms with Gasteiger partial charge in [0, 0.05) is 10.9 Å². The van der Waals surface area contributed by atoms with Crippen LogP contribution in [-0.4, -0.2) is 10.2 Å². The molecule has 0 spiro atoms. The highest BCUT2D eigenvalue weighted by Crippen LogP contribution is 2.30. The van der Waals surface area contributed by atoms with Crippen LogP contribution >= 0.6 is 0 Å². The summed E-state index contributed by atoms with van der Waals surface area (Å²) >= 11 is 0. The molecular weight excluding hydrogens is 260 g/mol. The standard InChI is InChI=1S/C18H12N2O/c21-18-16-10-4-3-9-15(16)17(19-20-18)14-11-5-7-12-6-1-2-8-13(12)14/h1-11H,(H,20,21). The molecule has 1 aromatic heterocycles. The summed E-state index contributed by atoms with van der Waals surface area (Å²) in [5.74, 6) is 0. The van der Waals surface area contributed by atoms with Gasteiger partial charge in [0.25, 0.3) is 5.56 Å². The first-order valence-electron chi connectivity index (χ1n) is 6.80. The van der Waals surface area contributed by atoms with E-state index in [2.05, 4.69) is 28.4 Å². The van der Waals surface area contributed by atoms with Crippen LogP contribution in [0.3, 0.4) is 0 Å². The molecule has 4 aromatic rings. The van der Waals surface area contributed by atoms with E-state index in [1.165, 1.54) is 0 Å². The number of nitrogens with zero attached hydrogens (tertiary/aromatic N) is 1. The molecule has 4 rings (SSSR count). The lowest BCUT2D eigenvalue weighted by Crippen LogP contribution is -2.09. The molecule has 21 heavy (non-hydrogen) atoms. The van der Waals surface area contributed by atoms with Gasteiger partial charge in [-0.3, -0.25) is 4.79 Å². The lowest BCUT2D eigenvalue weighted by atomic mass is 9.99. The van der Waals surface area contributed by atoms with E-state index in [1.54, 1.807) is 0 Å². The topological polar surface area (TPSA) is 45.8 Å². The van der Waals surface area contributed by atoms with Crippen molar-refractivity contribution in [3.05, 3.63) is 77.1 Å². The van der Waals surface area contributed by atoms with Crippen LogP contribution in [0.2, 0.25) is 0 Å². The fourth-order valence-electron chi connectivity index (χ4n) is 2.75. The van der Waals surface area contributed by atoms with E-state index in [-0.39, 0.29) is 5.56 Å². The summed E-state index contributed by atoms with van der Waals surface area (Å²) in [7, 11) is 0. The van der Waals surface area contributed by atoms with Crippen LogP contribution < -0.4 is 5.56 Å². The minimum Gasteiger partial charge on any atom is -0.267 e. The normalized spacial score (nSPS) is 11.0. The molecule has 0 atom stereocenters. The monoisotopic (exact) mass is 272 g/mol. The molecule has 0 bridgehead atoms. The van der Waals surface area contributed by atoms with Gasteiger partial charge >= 0.3 is 0 Å². The van der Waals surface area contributed by atoms with Gasteiger partial charge in [0.15, 0.2) is 0 Å². The molecule has 0 aliphatic heterocycles. The Labute approximate surface area is 120 Å². The Balaban J connectivity index is 2.15. The summed E-state index contributed by atoms with van der Waals surface area (Å²) in [6.07, 6.45) is 0. The zero-order chi connectivity index (χ0) is 14.2. The highest BCUT2D eigenvalue weighted by molar-refractivity contribution is 6.03. The first kappa shape index (κ1) is 11.9. The number of fused-ring (bicyclic) bond motifs is 2. The van der Waals surface area contributed by atoms with Gasteiger partial charge in [0.05, 0.1) is 11.1 Å². The molecule has 3 heteroatoms. The van der Waals surface area contributed by atoms with Gasteiger partial charge in [-0.25, -0.2) is 5.10 Å². The number of rotatable bonds is 1. The van der Waals surface area contributed by atoms with Crippen LogP contribution in [-0.2, 0) is 0 Å². The van der Waals surface area contributed by atoms with Crippen molar-refractivity contribution in [1.29, 1.82) is 0 Å². The summed E-state index contributed by atoms with van der Waals surface area (Å²) in [4.78, 5) is 11.9. The maximum Gasteiger partial charge on any atom is 0.272 e. The van der Waals surface area contributed by atoms with E-state index in [9.17, 15) is 4.79 Å². The van der Waals surface area contributed by atoms with E-state index in [1.807, 2.05) is 48.5 Å². The number of H-pyrrole nitrogens is 1. The van der Waals surface area contributed by atoms with Gasteiger partial charge in [0.2, 0.25) is 0 Å². The molecule has 0 radical (unpaired) electrons. The highest BCUT2D eigenvalue weighted by Gasteiger charge is 2.10. The van der Waals surface area contributed by atoms with Crippen LogP contribution in [0.1, 0.15) is 0 Å². The van der Waals surface area contributed by atoms with Gasteiger partial charge in [-0.1, -0.05) is 60.7 Å². The number of aromatic amines is 1. The maximum absolute atomic E-state index is 11.9. The maximum atomic E-state index is 11.9. The Morgan fingerprint density at radius 1 is 0.714 bits per heavy atom. The van der Waals surface area contributed by atoms with Crippen LogP contribution in [0.15, 0.2) is 71.5 Å². The zero-order valence-electron chi connectivity index (χ0n) is 11.2. The lowest BCUT2D eigenvalue weighted by Gasteiger charge is -2.08. The fraction of sp³-hybridized carbons (Fsp3) is 0. The summed E-state index contributed by atoms with van der Waals surface area (Å²) in [5, 5.41) is 10.7. The number of aromatic nitrogens is 2. The van der Waals surface area contributed by atoms with Crippen molar-refractivity contribution >= 4 is 21.5 Å². The molecule has 1 heterocycles. The molecule has 0 amide bonds. The summed E-state index contributed by atoms with van der Waals surface area (Å²) in [6.45, 7) is 0. The van der Waals surface area contributed by atoms with Crippen LogP contribution in [0.25, 0.3) is 32.8 Å². The van der Waals surface area contributed by atoms with E-state index < -0.39 is 0 Å². The number of hydrogen-bond acceptors (Lipinski definition) is 2. The fourth-order valence-corrected chi connectivity index (χ4v) is 2.75.